The maximum Gasteiger partial charge on any atom is 0.105 e. The van der Waals surface area contributed by atoms with Crippen molar-refractivity contribution in [2.24, 2.45) is 5.92 Å². The van der Waals surface area contributed by atoms with Crippen molar-refractivity contribution in [1.29, 1.82) is 5.26 Å². The fraction of sp³-hybridized carbons (Fsp3) is 0.929. The van der Waals surface area contributed by atoms with Crippen LogP contribution in [0.25, 0.3) is 0 Å². The standard InChI is InChI=1S/C14H27N3/c1-4-13-6-9-17(10-7-13)11-8-14(3,12-15)16-5-2/h13,16H,4-11H2,1-3H3. The van der Waals surface area contributed by atoms with Crippen LogP contribution in [0.2, 0.25) is 0 Å². The predicted molar refractivity (Wildman–Crippen MR) is 71.8 cm³/mol. The number of hydrogen-bond acceptors (Lipinski definition) is 3. The molecule has 1 atom stereocenters. The highest BCUT2D eigenvalue weighted by Gasteiger charge is 2.24. The molecule has 0 amide bonds. The van der Waals surface area contributed by atoms with E-state index in [-0.39, 0.29) is 5.54 Å². The van der Waals surface area contributed by atoms with E-state index in [1.807, 2.05) is 6.92 Å². The van der Waals surface area contributed by atoms with Crippen LogP contribution in [0.5, 0.6) is 0 Å². The number of nitrogens with one attached hydrogen (secondary N) is 1. The molecule has 3 heteroatoms. The molecule has 1 fully saturated rings. The van der Waals surface area contributed by atoms with Gasteiger partial charge in [-0.15, -0.1) is 0 Å². The van der Waals surface area contributed by atoms with E-state index in [0.717, 1.165) is 25.4 Å². The van der Waals surface area contributed by atoms with Crippen LogP contribution in [0, 0.1) is 17.2 Å². The summed E-state index contributed by atoms with van der Waals surface area (Å²) in [5.74, 6) is 0.933. The molecule has 1 saturated heterocycles. The molecule has 17 heavy (non-hydrogen) atoms. The first-order valence-electron chi connectivity index (χ1n) is 7.02. The molecule has 1 N–H and O–H groups in total. The van der Waals surface area contributed by atoms with Gasteiger partial charge in [-0.3, -0.25) is 5.32 Å². The zero-order valence-corrected chi connectivity index (χ0v) is 11.6. The minimum absolute atomic E-state index is 0.351. The summed E-state index contributed by atoms with van der Waals surface area (Å²) in [6.45, 7) is 10.7. The van der Waals surface area contributed by atoms with Gasteiger partial charge in [-0.25, -0.2) is 0 Å². The van der Waals surface area contributed by atoms with Gasteiger partial charge in [-0.05, 0) is 51.7 Å². The lowest BCUT2D eigenvalue weighted by molar-refractivity contribution is 0.170. The van der Waals surface area contributed by atoms with Gasteiger partial charge in [0.2, 0.25) is 0 Å². The molecule has 1 rings (SSSR count). The van der Waals surface area contributed by atoms with Crippen LogP contribution in [-0.4, -0.2) is 36.6 Å². The van der Waals surface area contributed by atoms with Crippen LogP contribution in [0.1, 0.15) is 46.5 Å². The van der Waals surface area contributed by atoms with Crippen molar-refractivity contribution in [2.45, 2.75) is 52.0 Å². The Morgan fingerprint density at radius 1 is 1.35 bits per heavy atom. The van der Waals surface area contributed by atoms with Gasteiger partial charge in [0.05, 0.1) is 6.07 Å². The summed E-state index contributed by atoms with van der Waals surface area (Å²) >= 11 is 0. The minimum Gasteiger partial charge on any atom is -0.303 e. The normalized spacial score (nSPS) is 22.0. The summed E-state index contributed by atoms with van der Waals surface area (Å²) in [6.07, 6.45) is 4.91. The van der Waals surface area contributed by atoms with Crippen molar-refractivity contribution in [3.63, 3.8) is 0 Å². The Morgan fingerprint density at radius 2 is 2.00 bits per heavy atom. The maximum absolute atomic E-state index is 9.19. The number of hydrogen-bond donors (Lipinski definition) is 1. The molecular weight excluding hydrogens is 210 g/mol. The number of nitrogens with zero attached hydrogens (tertiary/aromatic N) is 2. The second kappa shape index (κ2) is 6.98. The van der Waals surface area contributed by atoms with E-state index in [0.29, 0.717) is 0 Å². The van der Waals surface area contributed by atoms with E-state index < -0.39 is 0 Å². The summed E-state index contributed by atoms with van der Waals surface area (Å²) < 4.78 is 0. The molecule has 1 unspecified atom stereocenters. The first-order valence-corrected chi connectivity index (χ1v) is 7.02. The van der Waals surface area contributed by atoms with E-state index in [1.54, 1.807) is 0 Å². The van der Waals surface area contributed by atoms with Crippen molar-refractivity contribution < 1.29 is 0 Å². The van der Waals surface area contributed by atoms with Crippen LogP contribution >= 0.6 is 0 Å². The van der Waals surface area contributed by atoms with Crippen molar-refractivity contribution in [3.05, 3.63) is 0 Å². The quantitative estimate of drug-likeness (QED) is 0.771. The molecular formula is C14H27N3. The molecule has 0 radical (unpaired) electrons. The number of piperidine rings is 1. The van der Waals surface area contributed by atoms with E-state index in [1.165, 1.54) is 32.4 Å². The van der Waals surface area contributed by atoms with Gasteiger partial charge in [-0.2, -0.15) is 5.26 Å². The van der Waals surface area contributed by atoms with E-state index in [2.05, 4.69) is 30.1 Å². The van der Waals surface area contributed by atoms with Gasteiger partial charge >= 0.3 is 0 Å². The van der Waals surface area contributed by atoms with Gasteiger partial charge < -0.3 is 4.90 Å². The molecule has 0 aromatic carbocycles. The van der Waals surface area contributed by atoms with Crippen LogP contribution in [0.3, 0.4) is 0 Å². The third-order valence-electron chi connectivity index (χ3n) is 4.03. The highest BCUT2D eigenvalue weighted by atomic mass is 15.1. The third-order valence-corrected chi connectivity index (χ3v) is 4.03. The fourth-order valence-electron chi connectivity index (χ4n) is 2.57. The lowest BCUT2D eigenvalue weighted by atomic mass is 9.93. The van der Waals surface area contributed by atoms with E-state index in [4.69, 9.17) is 0 Å². The fourth-order valence-corrected chi connectivity index (χ4v) is 2.57. The second-order valence-electron chi connectivity index (χ2n) is 5.42. The van der Waals surface area contributed by atoms with E-state index >= 15 is 0 Å². The average Bonchev–Trinajstić information content (AvgIpc) is 2.37. The molecule has 0 aliphatic carbocycles. The summed E-state index contributed by atoms with van der Waals surface area (Å²) in [5.41, 5.74) is -0.351. The average molecular weight is 237 g/mol. The Kier molecular flexibility index (Phi) is 5.94. The van der Waals surface area contributed by atoms with Crippen LogP contribution < -0.4 is 5.32 Å². The zero-order valence-electron chi connectivity index (χ0n) is 11.6. The van der Waals surface area contributed by atoms with E-state index in [9.17, 15) is 5.26 Å². The first kappa shape index (κ1) is 14.5. The van der Waals surface area contributed by atoms with Gasteiger partial charge in [0.25, 0.3) is 0 Å². The van der Waals surface area contributed by atoms with Crippen molar-refractivity contribution in [2.75, 3.05) is 26.2 Å². The molecule has 0 saturated carbocycles. The largest absolute Gasteiger partial charge is 0.303 e. The molecule has 3 nitrogen and oxygen atoms in total. The third kappa shape index (κ3) is 4.65. The zero-order chi connectivity index (χ0) is 12.7. The van der Waals surface area contributed by atoms with Crippen molar-refractivity contribution in [1.82, 2.24) is 10.2 Å². The topological polar surface area (TPSA) is 39.1 Å². The molecule has 0 aromatic rings. The van der Waals surface area contributed by atoms with Gasteiger partial charge in [0.1, 0.15) is 5.54 Å². The summed E-state index contributed by atoms with van der Waals surface area (Å²) in [7, 11) is 0. The lowest BCUT2D eigenvalue weighted by Gasteiger charge is -2.33. The van der Waals surface area contributed by atoms with Gasteiger partial charge in [0.15, 0.2) is 0 Å². The van der Waals surface area contributed by atoms with Crippen molar-refractivity contribution in [3.8, 4) is 6.07 Å². The van der Waals surface area contributed by atoms with Gasteiger partial charge in [-0.1, -0.05) is 20.3 Å². The Bertz CT molecular complexity index is 251. The van der Waals surface area contributed by atoms with Crippen LogP contribution in [-0.2, 0) is 0 Å². The second-order valence-corrected chi connectivity index (χ2v) is 5.42. The monoisotopic (exact) mass is 237 g/mol. The van der Waals surface area contributed by atoms with Crippen LogP contribution in [0.15, 0.2) is 0 Å². The molecule has 0 bridgehead atoms. The van der Waals surface area contributed by atoms with Gasteiger partial charge in [0, 0.05) is 6.54 Å². The number of rotatable bonds is 6. The predicted octanol–water partition coefficient (Wildman–Crippen LogP) is 2.39. The molecule has 98 valence electrons. The highest BCUT2D eigenvalue weighted by Crippen LogP contribution is 2.20. The minimum atomic E-state index is -0.351. The molecule has 1 heterocycles. The SMILES string of the molecule is CCNC(C)(C#N)CCN1CCC(CC)CC1. The lowest BCUT2D eigenvalue weighted by Crippen LogP contribution is -2.45. The Balaban J connectivity index is 2.29. The molecule has 0 spiro atoms. The molecule has 1 aliphatic heterocycles. The smallest absolute Gasteiger partial charge is 0.105 e. The summed E-state index contributed by atoms with van der Waals surface area (Å²) in [5, 5.41) is 12.5. The number of nitriles is 1. The Morgan fingerprint density at radius 3 is 2.47 bits per heavy atom. The first-order chi connectivity index (χ1) is 8.13. The summed E-state index contributed by atoms with van der Waals surface area (Å²) in [6, 6.07) is 2.40. The molecule has 1 aliphatic rings. The highest BCUT2D eigenvalue weighted by molar-refractivity contribution is 5.03. The maximum atomic E-state index is 9.19. The summed E-state index contributed by atoms with van der Waals surface area (Å²) in [4.78, 5) is 2.51. The van der Waals surface area contributed by atoms with Crippen molar-refractivity contribution >= 4 is 0 Å². The van der Waals surface area contributed by atoms with Crippen LogP contribution in [0.4, 0.5) is 0 Å². The Hall–Kier alpha value is -0.590. The Labute approximate surface area is 106 Å². The number of likely N-dealkylation sites (tertiary alicyclic amines) is 1. The molecule has 0 aromatic heterocycles.